The Bertz CT molecular complexity index is 476. The highest BCUT2D eigenvalue weighted by atomic mass is 16.6. The van der Waals surface area contributed by atoms with Crippen LogP contribution in [-0.2, 0) is 10.2 Å². The first-order valence-corrected chi connectivity index (χ1v) is 6.07. The number of hydrogen-bond donors (Lipinski definition) is 0. The van der Waals surface area contributed by atoms with E-state index in [9.17, 15) is 0 Å². The van der Waals surface area contributed by atoms with E-state index in [1.807, 2.05) is 0 Å². The lowest BCUT2D eigenvalue weighted by molar-refractivity contribution is 0.0685. The summed E-state index contributed by atoms with van der Waals surface area (Å²) in [6.07, 6.45) is 2.60. The lowest BCUT2D eigenvalue weighted by Gasteiger charge is -2.38. The zero-order valence-corrected chi connectivity index (χ0v) is 9.75. The van der Waals surface area contributed by atoms with Crippen LogP contribution in [0.4, 0.5) is 0 Å². The summed E-state index contributed by atoms with van der Waals surface area (Å²) < 4.78 is 11.9. The monoisotopic (exact) mass is 216 g/mol. The van der Waals surface area contributed by atoms with E-state index in [1.54, 1.807) is 0 Å². The fourth-order valence-corrected chi connectivity index (χ4v) is 3.65. The Morgan fingerprint density at radius 3 is 2.94 bits per heavy atom. The summed E-state index contributed by atoms with van der Waals surface area (Å²) in [6, 6.07) is 6.58. The normalized spacial score (nSPS) is 43.0. The highest BCUT2D eigenvalue weighted by Gasteiger charge is 2.71. The summed E-state index contributed by atoms with van der Waals surface area (Å²) in [7, 11) is 0. The van der Waals surface area contributed by atoms with Gasteiger partial charge in [-0.05, 0) is 31.4 Å². The van der Waals surface area contributed by atoms with Gasteiger partial charge in [0.05, 0.1) is 6.61 Å². The first-order valence-electron chi connectivity index (χ1n) is 6.07. The maximum atomic E-state index is 6.12. The van der Waals surface area contributed by atoms with Crippen LogP contribution in [0.3, 0.4) is 0 Å². The van der Waals surface area contributed by atoms with Gasteiger partial charge in [-0.15, -0.1) is 0 Å². The van der Waals surface area contributed by atoms with Crippen molar-refractivity contribution in [1.29, 1.82) is 0 Å². The van der Waals surface area contributed by atoms with E-state index in [4.69, 9.17) is 9.47 Å². The number of rotatable bonds is 0. The van der Waals surface area contributed by atoms with E-state index in [1.165, 1.54) is 17.5 Å². The van der Waals surface area contributed by atoms with E-state index in [0.717, 1.165) is 18.8 Å². The maximum Gasteiger partial charge on any atom is 0.138 e. The van der Waals surface area contributed by atoms with Gasteiger partial charge < -0.3 is 9.47 Å². The van der Waals surface area contributed by atoms with Crippen LogP contribution >= 0.6 is 0 Å². The van der Waals surface area contributed by atoms with Gasteiger partial charge in [0.1, 0.15) is 17.5 Å². The quantitative estimate of drug-likeness (QED) is 0.622. The van der Waals surface area contributed by atoms with Gasteiger partial charge in [0.2, 0.25) is 0 Å². The van der Waals surface area contributed by atoms with E-state index < -0.39 is 0 Å². The number of benzene rings is 1. The van der Waals surface area contributed by atoms with Crippen molar-refractivity contribution < 1.29 is 9.47 Å². The molecule has 3 atom stereocenters. The van der Waals surface area contributed by atoms with Crippen LogP contribution in [0, 0.1) is 6.92 Å². The van der Waals surface area contributed by atoms with Crippen LogP contribution in [-0.4, -0.2) is 18.3 Å². The first-order chi connectivity index (χ1) is 7.66. The second-order valence-electron chi connectivity index (χ2n) is 5.66. The second kappa shape index (κ2) is 2.45. The van der Waals surface area contributed by atoms with Gasteiger partial charge in [-0.25, -0.2) is 0 Å². The fraction of sp³-hybridized carbons (Fsp3) is 0.571. The smallest absolute Gasteiger partial charge is 0.138 e. The molecule has 0 amide bonds. The molecule has 0 aromatic heterocycles. The minimum absolute atomic E-state index is 0.00918. The van der Waals surface area contributed by atoms with E-state index in [-0.39, 0.29) is 17.1 Å². The molecular weight excluding hydrogens is 200 g/mol. The molecule has 0 unspecified atom stereocenters. The number of epoxide rings is 1. The molecule has 16 heavy (non-hydrogen) atoms. The molecule has 0 N–H and O–H groups in total. The van der Waals surface area contributed by atoms with Gasteiger partial charge in [0.15, 0.2) is 0 Å². The van der Waals surface area contributed by atoms with Crippen LogP contribution in [0.1, 0.15) is 30.9 Å². The number of fused-ring (bicyclic) bond motifs is 2. The van der Waals surface area contributed by atoms with E-state index in [0.29, 0.717) is 0 Å². The van der Waals surface area contributed by atoms with Crippen LogP contribution in [0.15, 0.2) is 18.2 Å². The zero-order valence-electron chi connectivity index (χ0n) is 9.75. The largest absolute Gasteiger partial charge is 0.487 e. The lowest BCUT2D eigenvalue weighted by atomic mass is 9.71. The van der Waals surface area contributed by atoms with Crippen molar-refractivity contribution >= 4 is 0 Å². The molecule has 3 aliphatic rings. The second-order valence-corrected chi connectivity index (χ2v) is 5.66. The van der Waals surface area contributed by atoms with Crippen molar-refractivity contribution in [2.24, 2.45) is 0 Å². The minimum Gasteiger partial charge on any atom is -0.487 e. The third-order valence-electron chi connectivity index (χ3n) is 4.82. The van der Waals surface area contributed by atoms with Crippen LogP contribution in [0.5, 0.6) is 5.75 Å². The molecule has 1 aliphatic carbocycles. The third kappa shape index (κ3) is 0.809. The Hall–Kier alpha value is -1.02. The summed E-state index contributed by atoms with van der Waals surface area (Å²) in [4.78, 5) is 0. The molecule has 84 valence electrons. The molecule has 1 saturated carbocycles. The summed E-state index contributed by atoms with van der Waals surface area (Å²) in [5, 5.41) is 0. The lowest BCUT2D eigenvalue weighted by Crippen LogP contribution is -2.47. The van der Waals surface area contributed by atoms with Gasteiger partial charge in [-0.3, -0.25) is 0 Å². The average Bonchev–Trinajstić information content (AvgIpc) is 2.99. The Balaban J connectivity index is 1.96. The van der Waals surface area contributed by atoms with Crippen molar-refractivity contribution in [3.63, 3.8) is 0 Å². The van der Waals surface area contributed by atoms with Crippen LogP contribution in [0.25, 0.3) is 0 Å². The van der Waals surface area contributed by atoms with Crippen molar-refractivity contribution in [2.45, 2.75) is 43.8 Å². The number of ether oxygens (including phenoxy) is 2. The SMILES string of the molecule is Cc1ccc2c(c1)O[C@@H]1CC[C@@]2(C)[C@]12CO2. The molecule has 0 radical (unpaired) electrons. The number of hydrogen-bond acceptors (Lipinski definition) is 2. The molecular formula is C14H16O2. The standard InChI is InChI=1S/C14H16O2/c1-9-3-4-10-11(7-9)16-12-5-6-13(10,2)14(12)8-15-14/h3-4,7,12H,5-6,8H2,1-2H3/t12-,13-,14+/m1/s1. The fourth-order valence-electron chi connectivity index (χ4n) is 3.65. The zero-order chi connectivity index (χ0) is 11.0. The van der Waals surface area contributed by atoms with E-state index >= 15 is 0 Å². The Kier molecular flexibility index (Phi) is 1.39. The molecule has 4 rings (SSSR count). The Morgan fingerprint density at radius 2 is 2.19 bits per heavy atom. The van der Waals surface area contributed by atoms with Crippen molar-refractivity contribution in [3.05, 3.63) is 29.3 Å². The van der Waals surface area contributed by atoms with Crippen molar-refractivity contribution in [2.75, 3.05) is 6.61 Å². The predicted octanol–water partition coefficient (Wildman–Crippen LogP) is 2.58. The Labute approximate surface area is 95.6 Å². The van der Waals surface area contributed by atoms with Gasteiger partial charge in [-0.2, -0.15) is 0 Å². The average molecular weight is 216 g/mol. The van der Waals surface area contributed by atoms with Crippen LogP contribution < -0.4 is 4.74 Å². The first kappa shape index (κ1) is 9.06. The highest BCUT2D eigenvalue weighted by Crippen LogP contribution is 2.62. The third-order valence-corrected chi connectivity index (χ3v) is 4.82. The molecule has 2 bridgehead atoms. The molecule has 2 heterocycles. The predicted molar refractivity (Wildman–Crippen MR) is 60.9 cm³/mol. The van der Waals surface area contributed by atoms with Gasteiger partial charge >= 0.3 is 0 Å². The molecule has 2 aliphatic heterocycles. The van der Waals surface area contributed by atoms with E-state index in [2.05, 4.69) is 32.0 Å². The molecule has 1 aromatic rings. The topological polar surface area (TPSA) is 21.8 Å². The Morgan fingerprint density at radius 1 is 1.38 bits per heavy atom. The maximum absolute atomic E-state index is 6.12. The molecule has 1 saturated heterocycles. The highest BCUT2D eigenvalue weighted by molar-refractivity contribution is 5.50. The molecule has 2 fully saturated rings. The summed E-state index contributed by atoms with van der Waals surface area (Å²) in [6.45, 7) is 5.34. The summed E-state index contributed by atoms with van der Waals surface area (Å²) in [5.41, 5.74) is 2.81. The molecule has 2 nitrogen and oxygen atoms in total. The summed E-state index contributed by atoms with van der Waals surface area (Å²) in [5.74, 6) is 1.09. The van der Waals surface area contributed by atoms with Crippen LogP contribution in [0.2, 0.25) is 0 Å². The van der Waals surface area contributed by atoms with Gasteiger partial charge in [-0.1, -0.05) is 19.1 Å². The van der Waals surface area contributed by atoms with Crippen molar-refractivity contribution in [3.8, 4) is 5.75 Å². The van der Waals surface area contributed by atoms with Gasteiger partial charge in [0, 0.05) is 11.0 Å². The minimum atomic E-state index is 0.00918. The summed E-state index contributed by atoms with van der Waals surface area (Å²) >= 11 is 0. The van der Waals surface area contributed by atoms with Crippen molar-refractivity contribution in [1.82, 2.24) is 0 Å². The molecule has 1 aromatic carbocycles. The molecule has 2 heteroatoms. The molecule has 1 spiro atoms. The number of aryl methyl sites for hydroxylation is 1. The van der Waals surface area contributed by atoms with Gasteiger partial charge in [0.25, 0.3) is 0 Å².